The molecule has 0 saturated heterocycles. The average Bonchev–Trinajstić information content (AvgIpc) is 3.17. The van der Waals surface area contributed by atoms with E-state index in [9.17, 15) is 13.6 Å². The predicted molar refractivity (Wildman–Crippen MR) is 110 cm³/mol. The lowest BCUT2D eigenvalue weighted by molar-refractivity contribution is -0.131. The SMILES string of the molecule is CCN(CC)C(=O)Cn1nnc(-c2ccccc2Nc2ccc(C(C)(F)F)cc2)n1. The molecular weight excluding hydrogens is 390 g/mol. The number of nitrogens with zero attached hydrogens (tertiary/aromatic N) is 5. The number of tetrazole rings is 1. The summed E-state index contributed by atoms with van der Waals surface area (Å²) < 4.78 is 26.8. The Kier molecular flexibility index (Phi) is 6.39. The smallest absolute Gasteiger partial charge is 0.270 e. The van der Waals surface area contributed by atoms with Gasteiger partial charge in [0.15, 0.2) is 0 Å². The average molecular weight is 414 g/mol. The van der Waals surface area contributed by atoms with E-state index in [0.29, 0.717) is 35.9 Å². The number of alkyl halides is 2. The first-order valence-electron chi connectivity index (χ1n) is 9.72. The van der Waals surface area contributed by atoms with Gasteiger partial charge < -0.3 is 10.2 Å². The first-order valence-corrected chi connectivity index (χ1v) is 9.72. The van der Waals surface area contributed by atoms with Crippen molar-refractivity contribution in [2.75, 3.05) is 18.4 Å². The minimum Gasteiger partial charge on any atom is -0.355 e. The second-order valence-corrected chi connectivity index (χ2v) is 6.85. The number of likely N-dealkylation sites (N-methyl/N-ethyl adjacent to an activating group) is 1. The number of hydrogen-bond donors (Lipinski definition) is 1. The zero-order valence-electron chi connectivity index (χ0n) is 17.1. The van der Waals surface area contributed by atoms with E-state index in [1.807, 2.05) is 38.1 Å². The van der Waals surface area contributed by atoms with Gasteiger partial charge in [-0.05, 0) is 43.3 Å². The fraction of sp³-hybridized carbons (Fsp3) is 0.333. The Morgan fingerprint density at radius 1 is 1.10 bits per heavy atom. The molecule has 1 amide bonds. The van der Waals surface area contributed by atoms with Gasteiger partial charge in [0.1, 0.15) is 6.54 Å². The Morgan fingerprint density at radius 2 is 1.77 bits per heavy atom. The second-order valence-electron chi connectivity index (χ2n) is 6.85. The normalized spacial score (nSPS) is 11.4. The molecule has 0 unspecified atom stereocenters. The van der Waals surface area contributed by atoms with Crippen LogP contribution in [0.2, 0.25) is 0 Å². The molecule has 0 atom stereocenters. The molecule has 1 N–H and O–H groups in total. The number of hydrogen-bond acceptors (Lipinski definition) is 5. The third kappa shape index (κ3) is 4.97. The molecular formula is C21H24F2N6O. The van der Waals surface area contributed by atoms with E-state index in [1.165, 1.54) is 16.9 Å². The summed E-state index contributed by atoms with van der Waals surface area (Å²) in [5.41, 5.74) is 1.98. The summed E-state index contributed by atoms with van der Waals surface area (Å²) in [6.45, 7) is 5.94. The number of carbonyl (C=O) groups is 1. The zero-order valence-corrected chi connectivity index (χ0v) is 17.1. The summed E-state index contributed by atoms with van der Waals surface area (Å²) in [4.78, 5) is 15.2. The Morgan fingerprint density at radius 3 is 2.40 bits per heavy atom. The molecule has 0 fully saturated rings. The second kappa shape index (κ2) is 8.98. The van der Waals surface area contributed by atoms with Crippen LogP contribution in [-0.2, 0) is 17.3 Å². The molecule has 3 aromatic rings. The van der Waals surface area contributed by atoms with Crippen molar-refractivity contribution >= 4 is 17.3 Å². The molecule has 0 saturated carbocycles. The standard InChI is InChI=1S/C21H24F2N6O/c1-4-28(5-2)19(30)14-29-26-20(25-27-29)17-8-6-7-9-18(17)24-16-12-10-15(11-13-16)21(3,22)23/h6-13,24H,4-5,14H2,1-3H3. The minimum absolute atomic E-state index is 0.0109. The van der Waals surface area contributed by atoms with Gasteiger partial charge in [0.25, 0.3) is 5.92 Å². The molecule has 158 valence electrons. The lowest BCUT2D eigenvalue weighted by atomic mass is 10.1. The third-order valence-electron chi connectivity index (χ3n) is 4.68. The molecule has 1 heterocycles. The monoisotopic (exact) mass is 414 g/mol. The highest BCUT2D eigenvalue weighted by Gasteiger charge is 2.23. The van der Waals surface area contributed by atoms with Gasteiger partial charge in [0, 0.05) is 42.5 Å². The van der Waals surface area contributed by atoms with Crippen LogP contribution >= 0.6 is 0 Å². The van der Waals surface area contributed by atoms with Gasteiger partial charge in [0.2, 0.25) is 11.7 Å². The third-order valence-corrected chi connectivity index (χ3v) is 4.68. The molecule has 0 spiro atoms. The number of halogens is 2. The van der Waals surface area contributed by atoms with E-state index in [1.54, 1.807) is 17.0 Å². The first-order chi connectivity index (χ1) is 14.3. The van der Waals surface area contributed by atoms with Gasteiger partial charge in [-0.2, -0.15) is 4.80 Å². The van der Waals surface area contributed by atoms with Gasteiger partial charge in [-0.1, -0.05) is 24.3 Å². The quantitative estimate of drug-likeness (QED) is 0.602. The predicted octanol–water partition coefficient (Wildman–Crippen LogP) is 4.06. The maximum absolute atomic E-state index is 13.4. The van der Waals surface area contributed by atoms with Crippen LogP contribution in [0.25, 0.3) is 11.4 Å². The molecule has 0 radical (unpaired) electrons. The van der Waals surface area contributed by atoms with Crippen LogP contribution in [0.1, 0.15) is 26.3 Å². The number of aromatic nitrogens is 4. The number of carbonyl (C=O) groups excluding carboxylic acids is 1. The summed E-state index contributed by atoms with van der Waals surface area (Å²) in [6.07, 6.45) is 0. The van der Waals surface area contributed by atoms with Gasteiger partial charge in [-0.3, -0.25) is 4.79 Å². The molecule has 2 aromatic carbocycles. The van der Waals surface area contributed by atoms with Gasteiger partial charge in [-0.15, -0.1) is 10.2 Å². The fourth-order valence-electron chi connectivity index (χ4n) is 3.00. The zero-order chi connectivity index (χ0) is 21.7. The molecule has 1 aromatic heterocycles. The Balaban J connectivity index is 1.79. The summed E-state index contributed by atoms with van der Waals surface area (Å²) >= 11 is 0. The van der Waals surface area contributed by atoms with Crippen LogP contribution in [-0.4, -0.2) is 44.1 Å². The maximum Gasteiger partial charge on any atom is 0.270 e. The highest BCUT2D eigenvalue weighted by molar-refractivity contribution is 5.78. The molecule has 9 heteroatoms. The highest BCUT2D eigenvalue weighted by atomic mass is 19.3. The summed E-state index contributed by atoms with van der Waals surface area (Å²) in [5, 5.41) is 15.6. The molecule has 3 rings (SSSR count). The van der Waals surface area contributed by atoms with E-state index in [-0.39, 0.29) is 18.0 Å². The lowest BCUT2D eigenvalue weighted by Gasteiger charge is -2.17. The minimum atomic E-state index is -2.89. The Hall–Kier alpha value is -3.36. The summed E-state index contributed by atoms with van der Waals surface area (Å²) in [7, 11) is 0. The van der Waals surface area contributed by atoms with Crippen molar-refractivity contribution in [2.24, 2.45) is 0 Å². The van der Waals surface area contributed by atoms with Crippen LogP contribution in [0.3, 0.4) is 0 Å². The van der Waals surface area contributed by atoms with E-state index < -0.39 is 5.92 Å². The van der Waals surface area contributed by atoms with Crippen LogP contribution in [0.15, 0.2) is 48.5 Å². The van der Waals surface area contributed by atoms with E-state index >= 15 is 0 Å². The topological polar surface area (TPSA) is 75.9 Å². The number of anilines is 2. The van der Waals surface area contributed by atoms with Crippen LogP contribution in [0, 0.1) is 0 Å². The summed E-state index contributed by atoms with van der Waals surface area (Å²) in [6, 6.07) is 13.3. The number of amides is 1. The van der Waals surface area contributed by atoms with E-state index in [4.69, 9.17) is 0 Å². The van der Waals surface area contributed by atoms with E-state index in [2.05, 4.69) is 20.7 Å². The van der Waals surface area contributed by atoms with Gasteiger partial charge in [-0.25, -0.2) is 8.78 Å². The van der Waals surface area contributed by atoms with Crippen LogP contribution in [0.5, 0.6) is 0 Å². The molecule has 7 nitrogen and oxygen atoms in total. The summed E-state index contributed by atoms with van der Waals surface area (Å²) in [5.74, 6) is -2.60. The Bertz CT molecular complexity index is 993. The van der Waals surface area contributed by atoms with Crippen molar-refractivity contribution in [1.29, 1.82) is 0 Å². The van der Waals surface area contributed by atoms with E-state index in [0.717, 1.165) is 6.92 Å². The number of rotatable bonds is 8. The number of benzene rings is 2. The first kappa shape index (κ1) is 21.4. The van der Waals surface area contributed by atoms with Crippen LogP contribution < -0.4 is 5.32 Å². The van der Waals surface area contributed by atoms with Crippen molar-refractivity contribution in [1.82, 2.24) is 25.1 Å². The largest absolute Gasteiger partial charge is 0.355 e. The van der Waals surface area contributed by atoms with Crippen LogP contribution in [0.4, 0.5) is 20.2 Å². The van der Waals surface area contributed by atoms with Crippen molar-refractivity contribution in [2.45, 2.75) is 33.2 Å². The van der Waals surface area contributed by atoms with Crippen molar-refractivity contribution in [3.8, 4) is 11.4 Å². The molecule has 30 heavy (non-hydrogen) atoms. The van der Waals surface area contributed by atoms with Crippen molar-refractivity contribution in [3.63, 3.8) is 0 Å². The fourth-order valence-corrected chi connectivity index (χ4v) is 3.00. The molecule has 0 aliphatic heterocycles. The molecule has 0 aliphatic rings. The van der Waals surface area contributed by atoms with Crippen molar-refractivity contribution < 1.29 is 13.6 Å². The lowest BCUT2D eigenvalue weighted by Crippen LogP contribution is -2.34. The number of para-hydroxylation sites is 1. The molecule has 0 bridgehead atoms. The maximum atomic E-state index is 13.4. The van der Waals surface area contributed by atoms with Crippen molar-refractivity contribution in [3.05, 3.63) is 54.1 Å². The Labute approximate surface area is 173 Å². The van der Waals surface area contributed by atoms with Gasteiger partial charge >= 0.3 is 0 Å². The molecule has 0 aliphatic carbocycles. The van der Waals surface area contributed by atoms with Gasteiger partial charge in [0.05, 0.1) is 0 Å². The highest BCUT2D eigenvalue weighted by Crippen LogP contribution is 2.30. The number of nitrogens with one attached hydrogen (secondary N) is 1.